The van der Waals surface area contributed by atoms with E-state index in [4.69, 9.17) is 23.8 Å². The zero-order valence-electron chi connectivity index (χ0n) is 41.3. The number of para-hydroxylation sites is 2. The van der Waals surface area contributed by atoms with E-state index in [2.05, 4.69) is 184 Å². The summed E-state index contributed by atoms with van der Waals surface area (Å²) in [6.07, 6.45) is 0. The number of benzene rings is 9. The summed E-state index contributed by atoms with van der Waals surface area (Å²) < 4.78 is 18.5. The predicted molar refractivity (Wildman–Crippen MR) is 301 cm³/mol. The summed E-state index contributed by atoms with van der Waals surface area (Å²) in [4.78, 5) is 15.9. The van der Waals surface area contributed by atoms with Gasteiger partial charge in [-0.1, -0.05) is 151 Å². The second kappa shape index (κ2) is 14.0. The second-order valence-electron chi connectivity index (χ2n) is 22.4. The van der Waals surface area contributed by atoms with Crippen LogP contribution in [0.5, 0.6) is 0 Å². The maximum atomic E-state index is 6.72. The minimum atomic E-state index is -0.132. The molecule has 0 fully saturated rings. The Labute approximate surface area is 420 Å². The van der Waals surface area contributed by atoms with Gasteiger partial charge < -0.3 is 18.0 Å². The molecule has 9 aromatic carbocycles. The van der Waals surface area contributed by atoms with Crippen LogP contribution in [0.3, 0.4) is 0 Å². The molecule has 7 nitrogen and oxygen atoms in total. The van der Waals surface area contributed by atoms with Crippen LogP contribution < -0.4 is 16.4 Å². The first-order chi connectivity index (χ1) is 35.4. The molecule has 8 heteroatoms. The fraction of sp³-hybridized carbons (Fsp3) is 0.123. The Hall–Kier alpha value is -8.75. The zero-order chi connectivity index (χ0) is 48.8. The standard InChI is InChI=1S/C65H46BN5O2/c1-64(2,3)38-27-46-42-31-44-40-21-13-15-23-54(40)72-56(44)33-50(42)70-52-25-37(63-68-61(35-17-9-7-10-18-35)67-62(69-63)36-19-11-8-12-20-36)26-53-58(52)66(48(29-38)59(46)70)49-30-39(65(4,5)6)28-47-43-32-45-41-22-14-16-24-55(41)73-57(45)34-51(43)71(53)60(47)49/h7-34H,1-6H3. The van der Waals surface area contributed by atoms with Crippen LogP contribution in [0.1, 0.15) is 52.7 Å². The Bertz CT molecular complexity index is 4460. The van der Waals surface area contributed by atoms with Gasteiger partial charge in [0.05, 0.1) is 11.0 Å². The largest absolute Gasteiger partial charge is 0.456 e. The van der Waals surface area contributed by atoms with Crippen molar-refractivity contribution in [1.29, 1.82) is 0 Å². The van der Waals surface area contributed by atoms with Crippen LogP contribution >= 0.6 is 0 Å². The molecular weight excluding hydrogens is 894 g/mol. The molecule has 5 aromatic heterocycles. The van der Waals surface area contributed by atoms with Crippen molar-refractivity contribution in [3.63, 3.8) is 0 Å². The minimum Gasteiger partial charge on any atom is -0.456 e. The summed E-state index contributed by atoms with van der Waals surface area (Å²) in [5, 5.41) is 9.34. The number of furan rings is 2. The van der Waals surface area contributed by atoms with E-state index in [1.165, 1.54) is 60.1 Å². The third kappa shape index (κ3) is 5.63. The maximum Gasteiger partial charge on any atom is 0.252 e. The van der Waals surface area contributed by atoms with Crippen molar-refractivity contribution in [2.75, 3.05) is 0 Å². The Morgan fingerprint density at radius 3 is 1.22 bits per heavy atom. The molecule has 0 unspecified atom stereocenters. The molecule has 0 atom stereocenters. The van der Waals surface area contributed by atoms with Gasteiger partial charge in [0.1, 0.15) is 22.3 Å². The topological polar surface area (TPSA) is 74.8 Å². The third-order valence-electron chi connectivity index (χ3n) is 16.0. The van der Waals surface area contributed by atoms with Gasteiger partial charge >= 0.3 is 0 Å². The molecule has 0 bridgehead atoms. The Balaban J connectivity index is 1.11. The normalized spacial score (nSPS) is 13.3. The van der Waals surface area contributed by atoms with Crippen LogP contribution in [0.2, 0.25) is 0 Å². The van der Waals surface area contributed by atoms with Crippen molar-refractivity contribution >= 4 is 111 Å². The third-order valence-corrected chi connectivity index (χ3v) is 16.0. The van der Waals surface area contributed by atoms with Crippen LogP contribution in [0.15, 0.2) is 179 Å². The molecule has 0 N–H and O–H groups in total. The Kier molecular flexibility index (Phi) is 7.86. The van der Waals surface area contributed by atoms with Crippen LogP contribution in [-0.4, -0.2) is 30.8 Å². The maximum absolute atomic E-state index is 6.72. The van der Waals surface area contributed by atoms with Crippen LogP contribution in [-0.2, 0) is 10.8 Å². The van der Waals surface area contributed by atoms with Gasteiger partial charge in [-0.2, -0.15) is 0 Å². The first-order valence-corrected chi connectivity index (χ1v) is 25.4. The number of aromatic nitrogens is 5. The molecule has 346 valence electrons. The second-order valence-corrected chi connectivity index (χ2v) is 22.4. The van der Waals surface area contributed by atoms with Gasteiger partial charge in [-0.05, 0) is 86.9 Å². The SMILES string of the molecule is CC(C)(C)c1cc2c3c(c1)c1cc4c(cc1n3-c1cc(-c3nc(-c5ccccc5)nc(-c5ccccc5)n3)cc3c1B2c1cc(C(C)(C)C)cc2c5cc6c(cc5n-3c12)oc1ccccc16)oc1ccccc14. The lowest BCUT2D eigenvalue weighted by Crippen LogP contribution is -2.59. The first kappa shape index (κ1) is 40.9. The average molecular weight is 940 g/mol. The molecule has 0 saturated carbocycles. The molecule has 14 aromatic rings. The van der Waals surface area contributed by atoms with Crippen LogP contribution in [0, 0.1) is 0 Å². The van der Waals surface area contributed by atoms with Crippen molar-refractivity contribution in [1.82, 2.24) is 24.1 Å². The minimum absolute atomic E-state index is 0.104. The smallest absolute Gasteiger partial charge is 0.252 e. The highest BCUT2D eigenvalue weighted by molar-refractivity contribution is 7.00. The van der Waals surface area contributed by atoms with E-state index < -0.39 is 0 Å². The van der Waals surface area contributed by atoms with E-state index in [1.807, 2.05) is 36.4 Å². The Morgan fingerprint density at radius 2 is 0.781 bits per heavy atom. The van der Waals surface area contributed by atoms with Gasteiger partial charge in [-0.15, -0.1) is 0 Å². The number of hydrogen-bond acceptors (Lipinski definition) is 5. The van der Waals surface area contributed by atoms with Gasteiger partial charge in [0.15, 0.2) is 17.5 Å². The van der Waals surface area contributed by atoms with E-state index >= 15 is 0 Å². The van der Waals surface area contributed by atoms with E-state index in [-0.39, 0.29) is 17.5 Å². The molecule has 7 heterocycles. The van der Waals surface area contributed by atoms with E-state index in [9.17, 15) is 0 Å². The summed E-state index contributed by atoms with van der Waals surface area (Å²) in [5.41, 5.74) is 19.3. The van der Waals surface area contributed by atoms with Gasteiger partial charge in [0.25, 0.3) is 6.71 Å². The Morgan fingerprint density at radius 1 is 0.370 bits per heavy atom. The lowest BCUT2D eigenvalue weighted by molar-refractivity contribution is 0.591. The fourth-order valence-corrected chi connectivity index (χ4v) is 12.4. The molecule has 0 saturated heterocycles. The molecule has 0 spiro atoms. The molecule has 2 aliphatic heterocycles. The van der Waals surface area contributed by atoms with Crippen molar-refractivity contribution in [3.8, 4) is 45.5 Å². The molecule has 2 aliphatic rings. The molecule has 73 heavy (non-hydrogen) atoms. The molecule has 16 rings (SSSR count). The van der Waals surface area contributed by atoms with Crippen LogP contribution in [0.25, 0.3) is 133 Å². The molecule has 0 amide bonds. The van der Waals surface area contributed by atoms with E-state index in [0.29, 0.717) is 17.5 Å². The number of nitrogens with zero attached hydrogens (tertiary/aromatic N) is 5. The number of hydrogen-bond donors (Lipinski definition) is 0. The zero-order valence-corrected chi connectivity index (χ0v) is 41.3. The van der Waals surface area contributed by atoms with Gasteiger partial charge in [0.2, 0.25) is 0 Å². The van der Waals surface area contributed by atoms with Crippen molar-refractivity contribution < 1.29 is 8.83 Å². The summed E-state index contributed by atoms with van der Waals surface area (Å²) in [7, 11) is 0. The lowest BCUT2D eigenvalue weighted by Gasteiger charge is -2.35. The van der Waals surface area contributed by atoms with Crippen LogP contribution in [0.4, 0.5) is 0 Å². The van der Waals surface area contributed by atoms with E-state index in [1.54, 1.807) is 0 Å². The van der Waals surface area contributed by atoms with Crippen molar-refractivity contribution in [2.45, 2.75) is 52.4 Å². The number of fused-ring (bicyclic) bond motifs is 16. The van der Waals surface area contributed by atoms with Crippen molar-refractivity contribution in [2.24, 2.45) is 0 Å². The summed E-state index contributed by atoms with van der Waals surface area (Å²) >= 11 is 0. The first-order valence-electron chi connectivity index (χ1n) is 25.4. The highest BCUT2D eigenvalue weighted by atomic mass is 16.3. The fourth-order valence-electron chi connectivity index (χ4n) is 12.4. The lowest BCUT2D eigenvalue weighted by atomic mass is 9.34. The van der Waals surface area contributed by atoms with E-state index in [0.717, 1.165) is 83.0 Å². The summed E-state index contributed by atoms with van der Waals surface area (Å²) in [6, 6.07) is 61.3. The summed E-state index contributed by atoms with van der Waals surface area (Å²) in [6.45, 7) is 14.0. The summed E-state index contributed by atoms with van der Waals surface area (Å²) in [5.74, 6) is 1.85. The highest BCUT2D eigenvalue weighted by Gasteiger charge is 2.43. The number of rotatable bonds is 3. The quantitative estimate of drug-likeness (QED) is 0.165. The van der Waals surface area contributed by atoms with Gasteiger partial charge in [-0.3, -0.25) is 0 Å². The average Bonchev–Trinajstić information content (AvgIpc) is 4.17. The monoisotopic (exact) mass is 939 g/mol. The van der Waals surface area contributed by atoms with Gasteiger partial charge in [-0.25, -0.2) is 15.0 Å². The molecular formula is C65H46BN5O2. The molecule has 0 radical (unpaired) electrons. The van der Waals surface area contributed by atoms with Gasteiger partial charge in [0, 0.05) is 94.3 Å². The van der Waals surface area contributed by atoms with Crippen molar-refractivity contribution in [3.05, 3.63) is 181 Å². The predicted octanol–water partition coefficient (Wildman–Crippen LogP) is 14.6. The molecule has 0 aliphatic carbocycles. The highest BCUT2D eigenvalue weighted by Crippen LogP contribution is 2.46.